The zero-order valence-corrected chi connectivity index (χ0v) is 13.5. The molecule has 0 saturated carbocycles. The Bertz CT molecular complexity index is 522. The Kier molecular flexibility index (Phi) is 4.74. The van der Waals surface area contributed by atoms with Gasteiger partial charge < -0.3 is 9.64 Å². The fraction of sp³-hybridized carbons (Fsp3) is 0.647. The van der Waals surface area contributed by atoms with Gasteiger partial charge >= 0.3 is 0 Å². The van der Waals surface area contributed by atoms with Gasteiger partial charge in [0, 0.05) is 44.4 Å². The third-order valence-electron chi connectivity index (χ3n) is 4.80. The number of rotatable bonds is 2. The maximum atomic E-state index is 12.2. The number of allylic oxidation sites excluding steroid dienone is 3. The highest BCUT2D eigenvalue weighted by Gasteiger charge is 2.29. The summed E-state index contributed by atoms with van der Waals surface area (Å²) in [6, 6.07) is 0.581. The Hall–Kier alpha value is -1.46. The quantitative estimate of drug-likeness (QED) is 0.777. The van der Waals surface area contributed by atoms with Crippen LogP contribution < -0.4 is 0 Å². The zero-order valence-electron chi connectivity index (χ0n) is 13.5. The number of ketones is 1. The fourth-order valence-corrected chi connectivity index (χ4v) is 3.34. The Morgan fingerprint density at radius 3 is 2.68 bits per heavy atom. The van der Waals surface area contributed by atoms with E-state index in [4.69, 9.17) is 9.73 Å². The van der Waals surface area contributed by atoms with Gasteiger partial charge in [-0.2, -0.15) is 0 Å². The number of carbonyl (C=O) groups excluding carboxylic acids is 1. The number of Topliss-reactive ketones (excluding diaryl/α,β-unsaturated/α-hetero) is 1. The maximum Gasteiger partial charge on any atom is 0.168 e. The Labute approximate surface area is 132 Å². The molecular weight excluding hydrogens is 278 g/mol. The van der Waals surface area contributed by atoms with Gasteiger partial charge in [0.2, 0.25) is 0 Å². The number of hydrogen-bond acceptors (Lipinski definition) is 5. The highest BCUT2D eigenvalue weighted by Crippen LogP contribution is 2.21. The molecule has 0 aromatic heterocycles. The van der Waals surface area contributed by atoms with E-state index in [2.05, 4.69) is 9.80 Å². The molecule has 0 N–H and O–H groups in total. The molecule has 2 fully saturated rings. The van der Waals surface area contributed by atoms with Gasteiger partial charge in [-0.3, -0.25) is 9.69 Å². The normalized spacial score (nSPS) is 27.9. The van der Waals surface area contributed by atoms with Crippen molar-refractivity contribution in [3.63, 3.8) is 0 Å². The van der Waals surface area contributed by atoms with Crippen LogP contribution in [-0.2, 0) is 9.53 Å². The predicted molar refractivity (Wildman–Crippen MR) is 86.9 cm³/mol. The van der Waals surface area contributed by atoms with Gasteiger partial charge in [0.05, 0.1) is 18.7 Å². The average molecular weight is 303 g/mol. The van der Waals surface area contributed by atoms with E-state index < -0.39 is 0 Å². The summed E-state index contributed by atoms with van der Waals surface area (Å²) in [5.74, 6) is 1.13. The SMILES string of the molecule is C/C=C\C1=C(C)C(=O)CC(N2CCN(C3CCOC3)CC2)=N1. The number of amidine groups is 1. The van der Waals surface area contributed by atoms with Crippen molar-refractivity contribution < 1.29 is 9.53 Å². The second-order valence-corrected chi connectivity index (χ2v) is 6.18. The minimum absolute atomic E-state index is 0.199. The number of nitrogens with zero attached hydrogens (tertiary/aromatic N) is 3. The molecule has 0 aliphatic carbocycles. The summed E-state index contributed by atoms with van der Waals surface area (Å²) in [6.45, 7) is 9.55. The van der Waals surface area contributed by atoms with Crippen molar-refractivity contribution in [1.29, 1.82) is 0 Å². The summed E-state index contributed by atoms with van der Waals surface area (Å²) in [5.41, 5.74) is 1.60. The fourth-order valence-electron chi connectivity index (χ4n) is 3.34. The maximum absolute atomic E-state index is 12.2. The highest BCUT2D eigenvalue weighted by molar-refractivity contribution is 6.11. The smallest absolute Gasteiger partial charge is 0.168 e. The molecule has 120 valence electrons. The molecule has 0 radical (unpaired) electrons. The Morgan fingerprint density at radius 2 is 2.05 bits per heavy atom. The van der Waals surface area contributed by atoms with Gasteiger partial charge in [0.25, 0.3) is 0 Å². The van der Waals surface area contributed by atoms with E-state index in [1.165, 1.54) is 0 Å². The summed E-state index contributed by atoms with van der Waals surface area (Å²) in [4.78, 5) is 21.7. The van der Waals surface area contributed by atoms with E-state index in [-0.39, 0.29) is 5.78 Å². The summed E-state index contributed by atoms with van der Waals surface area (Å²) >= 11 is 0. The van der Waals surface area contributed by atoms with Crippen LogP contribution in [0.5, 0.6) is 0 Å². The van der Waals surface area contributed by atoms with Gasteiger partial charge in [0.1, 0.15) is 5.84 Å². The molecule has 0 amide bonds. The van der Waals surface area contributed by atoms with Gasteiger partial charge in [-0.1, -0.05) is 6.08 Å². The summed E-state index contributed by atoms with van der Waals surface area (Å²) in [5, 5.41) is 0. The highest BCUT2D eigenvalue weighted by atomic mass is 16.5. The molecule has 0 bridgehead atoms. The van der Waals surface area contributed by atoms with Gasteiger partial charge in [-0.15, -0.1) is 0 Å². The molecule has 3 aliphatic rings. The van der Waals surface area contributed by atoms with E-state index in [0.717, 1.165) is 62.9 Å². The predicted octanol–water partition coefficient (Wildman–Crippen LogP) is 1.61. The number of carbonyl (C=O) groups is 1. The van der Waals surface area contributed by atoms with Gasteiger partial charge in [-0.05, 0) is 26.3 Å². The Balaban J connectivity index is 1.65. The van der Waals surface area contributed by atoms with Gasteiger partial charge in [-0.25, -0.2) is 4.99 Å². The van der Waals surface area contributed by atoms with E-state index >= 15 is 0 Å². The van der Waals surface area contributed by atoms with Crippen LogP contribution in [0, 0.1) is 0 Å². The molecule has 5 heteroatoms. The van der Waals surface area contributed by atoms with Crippen molar-refractivity contribution in [3.8, 4) is 0 Å². The van der Waals surface area contributed by atoms with E-state index in [0.29, 0.717) is 12.5 Å². The lowest BCUT2D eigenvalue weighted by Gasteiger charge is -2.39. The first-order chi connectivity index (χ1) is 10.7. The van der Waals surface area contributed by atoms with Crippen molar-refractivity contribution in [2.75, 3.05) is 39.4 Å². The second-order valence-electron chi connectivity index (χ2n) is 6.18. The van der Waals surface area contributed by atoms with Crippen LogP contribution in [0.1, 0.15) is 26.7 Å². The molecule has 2 saturated heterocycles. The van der Waals surface area contributed by atoms with Gasteiger partial charge in [0.15, 0.2) is 5.78 Å². The lowest BCUT2D eigenvalue weighted by Crippen LogP contribution is -2.52. The van der Waals surface area contributed by atoms with E-state index in [1.54, 1.807) is 0 Å². The standard InChI is InChI=1S/C17H25N3O2/c1-3-4-15-13(2)16(21)11-17(18-15)20-8-6-19(7-9-20)14-5-10-22-12-14/h3-4,14H,5-12H2,1-2H3/b4-3-. The van der Waals surface area contributed by atoms with Crippen LogP contribution in [0.2, 0.25) is 0 Å². The average Bonchev–Trinajstić information content (AvgIpc) is 3.06. The third-order valence-corrected chi connectivity index (χ3v) is 4.80. The molecule has 5 nitrogen and oxygen atoms in total. The zero-order chi connectivity index (χ0) is 15.5. The topological polar surface area (TPSA) is 45.1 Å². The van der Waals surface area contributed by atoms with Crippen LogP contribution in [0.15, 0.2) is 28.4 Å². The molecule has 3 aliphatic heterocycles. The second kappa shape index (κ2) is 6.75. The molecule has 3 rings (SSSR count). The van der Waals surface area contributed by atoms with Crippen molar-refractivity contribution in [1.82, 2.24) is 9.80 Å². The molecule has 1 unspecified atom stereocenters. The monoisotopic (exact) mass is 303 g/mol. The van der Waals surface area contributed by atoms with Crippen molar-refractivity contribution in [3.05, 3.63) is 23.4 Å². The lowest BCUT2D eigenvalue weighted by atomic mass is 10.0. The molecule has 22 heavy (non-hydrogen) atoms. The number of piperazine rings is 1. The first-order valence-electron chi connectivity index (χ1n) is 8.20. The molecule has 0 aromatic rings. The van der Waals surface area contributed by atoms with Crippen molar-refractivity contribution >= 4 is 11.6 Å². The van der Waals surface area contributed by atoms with E-state index in [1.807, 2.05) is 26.0 Å². The first kappa shape index (κ1) is 15.4. The van der Waals surface area contributed by atoms with E-state index in [9.17, 15) is 4.79 Å². The number of ether oxygens (including phenoxy) is 1. The number of aliphatic imine (C=N–C) groups is 1. The third kappa shape index (κ3) is 3.15. The largest absolute Gasteiger partial charge is 0.380 e. The summed E-state index contributed by atoms with van der Waals surface area (Å²) in [7, 11) is 0. The van der Waals surface area contributed by atoms with Crippen LogP contribution in [0.3, 0.4) is 0 Å². The first-order valence-corrected chi connectivity index (χ1v) is 8.20. The number of hydrogen-bond donors (Lipinski definition) is 0. The molecule has 0 spiro atoms. The molecule has 0 aromatic carbocycles. The van der Waals surface area contributed by atoms with Crippen LogP contribution in [0.25, 0.3) is 0 Å². The van der Waals surface area contributed by atoms with Crippen molar-refractivity contribution in [2.24, 2.45) is 4.99 Å². The van der Waals surface area contributed by atoms with Crippen molar-refractivity contribution in [2.45, 2.75) is 32.7 Å². The van der Waals surface area contributed by atoms with Crippen LogP contribution in [-0.4, -0.2) is 66.9 Å². The van der Waals surface area contributed by atoms with Crippen LogP contribution in [0.4, 0.5) is 0 Å². The lowest BCUT2D eigenvalue weighted by molar-refractivity contribution is -0.114. The molecular formula is C17H25N3O2. The van der Waals surface area contributed by atoms with Crippen LogP contribution >= 0.6 is 0 Å². The minimum atomic E-state index is 0.199. The Morgan fingerprint density at radius 1 is 1.27 bits per heavy atom. The summed E-state index contributed by atoms with van der Waals surface area (Å²) < 4.78 is 5.48. The molecule has 3 heterocycles. The minimum Gasteiger partial charge on any atom is -0.380 e. The molecule has 1 atom stereocenters. The summed E-state index contributed by atoms with van der Waals surface area (Å²) in [6.07, 6.45) is 5.46.